The van der Waals surface area contributed by atoms with Gasteiger partial charge < -0.3 is 14.5 Å². The lowest BCUT2D eigenvalue weighted by Gasteiger charge is -2.58. The summed E-state index contributed by atoms with van der Waals surface area (Å²) in [4.78, 5) is 12.8. The first-order chi connectivity index (χ1) is 21.0. The number of ether oxygens (including phenoxy) is 1. The van der Waals surface area contributed by atoms with E-state index < -0.39 is 0 Å². The summed E-state index contributed by atoms with van der Waals surface area (Å²) < 4.78 is 7.24. The van der Waals surface area contributed by atoms with E-state index in [0.29, 0.717) is 17.3 Å². The lowest BCUT2D eigenvalue weighted by molar-refractivity contribution is -0.922. The van der Waals surface area contributed by atoms with Crippen LogP contribution in [0.5, 0.6) is 0 Å². The second-order valence-electron chi connectivity index (χ2n) is 16.8. The molecule has 4 heteroatoms. The molecule has 0 aliphatic heterocycles. The fourth-order valence-corrected chi connectivity index (χ4v) is 11.4. The van der Waals surface area contributed by atoms with Crippen LogP contribution >= 0.6 is 0 Å². The van der Waals surface area contributed by atoms with Crippen LogP contribution in [0.25, 0.3) is 0 Å². The molecule has 0 spiro atoms. The molecule has 0 radical (unpaired) electrons. The van der Waals surface area contributed by atoms with Crippen molar-refractivity contribution in [2.45, 2.75) is 145 Å². The maximum absolute atomic E-state index is 12.8. The Labute approximate surface area is 273 Å². The van der Waals surface area contributed by atoms with Gasteiger partial charge in [-0.05, 0) is 124 Å². The number of nitrogens with zero attached hydrogens (tertiary/aromatic N) is 1. The maximum Gasteiger partial charge on any atom is 0.307 e. The van der Waals surface area contributed by atoms with Gasteiger partial charge in [0, 0.05) is 19.5 Å². The van der Waals surface area contributed by atoms with E-state index in [2.05, 4.69) is 73.7 Å². The van der Waals surface area contributed by atoms with Crippen molar-refractivity contribution in [2.75, 3.05) is 39.3 Å². The monoisotopic (exact) mass is 614 g/mol. The molecule has 0 aromatic heterocycles. The largest absolute Gasteiger partial charge is 0.462 e. The van der Waals surface area contributed by atoms with Crippen LogP contribution in [-0.2, 0) is 9.53 Å². The summed E-state index contributed by atoms with van der Waals surface area (Å²) in [6.45, 7) is 28.3. The first kappa shape index (κ1) is 36.0. The van der Waals surface area contributed by atoms with Crippen molar-refractivity contribution in [1.29, 1.82) is 0 Å². The number of quaternary nitrogens is 1. The summed E-state index contributed by atoms with van der Waals surface area (Å²) in [5.74, 6) is 6.04. The molecule has 254 valence electrons. The topological polar surface area (TPSA) is 38.3 Å². The van der Waals surface area contributed by atoms with Crippen LogP contribution in [0.4, 0.5) is 0 Å². The SMILES string of the molecule is CC[C@H](CC[C@@H](C)C1CC[C@H]2[C@@H]3CC=C4C[C@@H](OC(=O)CCNCC[N+](CC)(CC)CC)CC[C@]4(C)[C@H]3CC[C@]12C)C(C)C. The highest BCUT2D eigenvalue weighted by atomic mass is 16.5. The summed E-state index contributed by atoms with van der Waals surface area (Å²) in [5.41, 5.74) is 2.47. The van der Waals surface area contributed by atoms with Crippen LogP contribution in [0.3, 0.4) is 0 Å². The van der Waals surface area contributed by atoms with E-state index in [0.717, 1.165) is 78.4 Å². The molecule has 0 heterocycles. The molecule has 0 saturated heterocycles. The van der Waals surface area contributed by atoms with E-state index in [1.807, 2.05) is 0 Å². The summed E-state index contributed by atoms with van der Waals surface area (Å²) >= 11 is 0. The molecule has 44 heavy (non-hydrogen) atoms. The van der Waals surface area contributed by atoms with E-state index >= 15 is 0 Å². The lowest BCUT2D eigenvalue weighted by Crippen LogP contribution is -2.51. The van der Waals surface area contributed by atoms with Crippen molar-refractivity contribution in [3.05, 3.63) is 11.6 Å². The van der Waals surface area contributed by atoms with Gasteiger partial charge in [0.25, 0.3) is 0 Å². The number of nitrogens with one attached hydrogen (secondary N) is 1. The molecule has 0 amide bonds. The predicted octanol–water partition coefficient (Wildman–Crippen LogP) is 9.43. The maximum atomic E-state index is 12.8. The molecule has 1 N–H and O–H groups in total. The predicted molar refractivity (Wildman–Crippen MR) is 186 cm³/mol. The van der Waals surface area contributed by atoms with Gasteiger partial charge in [-0.3, -0.25) is 4.79 Å². The smallest absolute Gasteiger partial charge is 0.307 e. The molecule has 4 nitrogen and oxygen atoms in total. The van der Waals surface area contributed by atoms with Crippen LogP contribution in [0.1, 0.15) is 139 Å². The fourth-order valence-electron chi connectivity index (χ4n) is 11.4. The van der Waals surface area contributed by atoms with E-state index in [-0.39, 0.29) is 12.1 Å². The summed E-state index contributed by atoms with van der Waals surface area (Å²) in [7, 11) is 0. The van der Waals surface area contributed by atoms with Crippen molar-refractivity contribution in [2.24, 2.45) is 52.3 Å². The van der Waals surface area contributed by atoms with E-state index in [1.165, 1.54) is 77.4 Å². The van der Waals surface area contributed by atoms with E-state index in [9.17, 15) is 4.79 Å². The van der Waals surface area contributed by atoms with Crippen LogP contribution in [0, 0.1) is 52.3 Å². The van der Waals surface area contributed by atoms with Gasteiger partial charge in [-0.25, -0.2) is 0 Å². The molecule has 9 atom stereocenters. The molecule has 0 bridgehead atoms. The van der Waals surface area contributed by atoms with Crippen molar-refractivity contribution < 1.29 is 14.0 Å². The molecule has 1 unspecified atom stereocenters. The number of likely N-dealkylation sites (N-methyl/N-ethyl adjacent to an activating group) is 1. The highest BCUT2D eigenvalue weighted by Crippen LogP contribution is 2.67. The van der Waals surface area contributed by atoms with Gasteiger partial charge in [-0.1, -0.05) is 66.0 Å². The molecule has 0 aromatic rings. The second kappa shape index (κ2) is 15.4. The minimum Gasteiger partial charge on any atom is -0.462 e. The number of fused-ring (bicyclic) bond motifs is 5. The molecular weight excluding hydrogens is 540 g/mol. The second-order valence-corrected chi connectivity index (χ2v) is 16.8. The molecule has 4 aliphatic rings. The first-order valence-corrected chi connectivity index (χ1v) is 19.4. The van der Waals surface area contributed by atoms with Crippen LogP contribution < -0.4 is 5.32 Å². The van der Waals surface area contributed by atoms with E-state index in [1.54, 1.807) is 5.57 Å². The third-order valence-corrected chi connectivity index (χ3v) is 14.9. The highest BCUT2D eigenvalue weighted by Gasteiger charge is 2.59. The van der Waals surface area contributed by atoms with Crippen LogP contribution in [0.2, 0.25) is 0 Å². The molecular formula is C40H73N2O2+. The first-order valence-electron chi connectivity index (χ1n) is 19.4. The van der Waals surface area contributed by atoms with Gasteiger partial charge in [-0.2, -0.15) is 0 Å². The molecule has 0 aromatic carbocycles. The Hall–Kier alpha value is -0.870. The average Bonchev–Trinajstić information content (AvgIpc) is 3.37. The minimum atomic E-state index is -0.0131. The summed E-state index contributed by atoms with van der Waals surface area (Å²) in [5, 5.41) is 3.52. The fraction of sp³-hybridized carbons (Fsp3) is 0.925. The van der Waals surface area contributed by atoms with E-state index in [4.69, 9.17) is 4.74 Å². The Balaban J connectivity index is 1.28. The quantitative estimate of drug-likeness (QED) is 0.0816. The van der Waals surface area contributed by atoms with Gasteiger partial charge in [0.05, 0.1) is 32.6 Å². The molecule has 4 rings (SSSR count). The lowest BCUT2D eigenvalue weighted by atomic mass is 9.47. The number of carbonyl (C=O) groups is 1. The molecule has 4 aliphatic carbocycles. The highest BCUT2D eigenvalue weighted by molar-refractivity contribution is 5.69. The normalized spacial score (nSPS) is 35.0. The van der Waals surface area contributed by atoms with Gasteiger partial charge in [-0.15, -0.1) is 0 Å². The van der Waals surface area contributed by atoms with Gasteiger partial charge >= 0.3 is 5.97 Å². The van der Waals surface area contributed by atoms with Crippen molar-refractivity contribution in [1.82, 2.24) is 5.32 Å². The van der Waals surface area contributed by atoms with Gasteiger partial charge in [0.15, 0.2) is 0 Å². The Morgan fingerprint density at radius 1 is 0.955 bits per heavy atom. The Morgan fingerprint density at radius 3 is 2.34 bits per heavy atom. The molecule has 3 saturated carbocycles. The summed E-state index contributed by atoms with van der Waals surface area (Å²) in [6.07, 6.45) is 17.6. The number of allylic oxidation sites excluding steroid dienone is 1. The van der Waals surface area contributed by atoms with Gasteiger partial charge in [0.2, 0.25) is 0 Å². The minimum absolute atomic E-state index is 0.0131. The zero-order valence-electron chi connectivity index (χ0n) is 30.7. The zero-order chi connectivity index (χ0) is 32.1. The molecule has 3 fully saturated rings. The van der Waals surface area contributed by atoms with Gasteiger partial charge in [0.1, 0.15) is 6.10 Å². The number of hydrogen-bond acceptors (Lipinski definition) is 3. The summed E-state index contributed by atoms with van der Waals surface area (Å²) in [6, 6.07) is 0. The zero-order valence-corrected chi connectivity index (χ0v) is 30.7. The van der Waals surface area contributed by atoms with Crippen LogP contribution in [-0.4, -0.2) is 55.8 Å². The Bertz CT molecular complexity index is 947. The third kappa shape index (κ3) is 7.48. The number of esters is 1. The Morgan fingerprint density at radius 2 is 1.68 bits per heavy atom. The number of rotatable bonds is 16. The van der Waals surface area contributed by atoms with Crippen molar-refractivity contribution in [3.8, 4) is 0 Å². The number of hydrogen-bond donors (Lipinski definition) is 1. The third-order valence-electron chi connectivity index (χ3n) is 14.9. The standard InChI is InChI=1S/C40H73N2O2/c1-10-31(29(5)6)15-14-30(7)35-18-19-36-34-17-16-32-28-33(20-23-39(32,8)37(34)21-24-40(35,36)9)44-38(43)22-25-41-26-27-42(11-2,12-3)13-4/h16,29-31,33-37,41H,10-15,17-28H2,1-9H3/q+1/t30-,31-,33+,34+,35?,36+,37+,39+,40-/m1/s1. The van der Waals surface area contributed by atoms with Crippen molar-refractivity contribution >= 4 is 5.97 Å². The van der Waals surface area contributed by atoms with Crippen LogP contribution in [0.15, 0.2) is 11.6 Å². The number of carbonyl (C=O) groups excluding carboxylic acids is 1. The Kier molecular flexibility index (Phi) is 12.6. The van der Waals surface area contributed by atoms with Crippen molar-refractivity contribution in [3.63, 3.8) is 0 Å². The average molecular weight is 614 g/mol.